The van der Waals surface area contributed by atoms with Gasteiger partial charge in [-0.3, -0.25) is 0 Å². The van der Waals surface area contributed by atoms with E-state index in [9.17, 15) is 0 Å². The molecule has 1 atom stereocenters. The molecule has 3 heteroatoms. The van der Waals surface area contributed by atoms with Crippen LogP contribution in [0.1, 0.15) is 43.2 Å². The molecule has 1 spiro atoms. The smallest absolute Gasteiger partial charge is 0.0887 e. The summed E-state index contributed by atoms with van der Waals surface area (Å²) in [6.45, 7) is 8.69. The highest BCUT2D eigenvalue weighted by atomic mass is 32.1. The van der Waals surface area contributed by atoms with Gasteiger partial charge in [0.25, 0.3) is 0 Å². The number of hydrogen-bond donors (Lipinski definition) is 1. The second-order valence-electron chi connectivity index (χ2n) is 6.31. The molecule has 2 aliphatic rings. The third kappa shape index (κ3) is 1.94. The number of rotatable bonds is 1. The Morgan fingerprint density at radius 1 is 1.41 bits per heavy atom. The number of thiophene rings is 1. The van der Waals surface area contributed by atoms with E-state index < -0.39 is 0 Å². The Balaban J connectivity index is 1.87. The normalized spacial score (nSPS) is 30.2. The van der Waals surface area contributed by atoms with Crippen LogP contribution in [-0.2, 0) is 4.74 Å². The van der Waals surface area contributed by atoms with E-state index in [1.807, 2.05) is 11.3 Å². The summed E-state index contributed by atoms with van der Waals surface area (Å²) in [4.78, 5) is 1.39. The Morgan fingerprint density at radius 2 is 2.18 bits per heavy atom. The molecule has 0 radical (unpaired) electrons. The first-order valence-corrected chi connectivity index (χ1v) is 7.31. The van der Waals surface area contributed by atoms with Crippen molar-refractivity contribution in [3.63, 3.8) is 0 Å². The van der Waals surface area contributed by atoms with Crippen LogP contribution in [0.2, 0.25) is 0 Å². The van der Waals surface area contributed by atoms with Crippen molar-refractivity contribution < 1.29 is 4.74 Å². The molecule has 1 saturated carbocycles. The van der Waals surface area contributed by atoms with Crippen LogP contribution in [0.15, 0.2) is 11.4 Å². The fourth-order valence-corrected chi connectivity index (χ4v) is 4.37. The molecular formula is C14H21NOS. The lowest BCUT2D eigenvalue weighted by molar-refractivity contribution is -0.195. The van der Waals surface area contributed by atoms with Crippen molar-refractivity contribution in [2.45, 2.75) is 45.3 Å². The lowest BCUT2D eigenvalue weighted by atomic mass is 9.57. The van der Waals surface area contributed by atoms with Crippen molar-refractivity contribution in [3.05, 3.63) is 21.9 Å². The van der Waals surface area contributed by atoms with Crippen LogP contribution >= 0.6 is 11.3 Å². The van der Waals surface area contributed by atoms with Gasteiger partial charge in [-0.05, 0) is 42.2 Å². The zero-order chi connectivity index (χ0) is 12.1. The number of nitrogens with one attached hydrogen (secondary N) is 1. The third-order valence-electron chi connectivity index (χ3n) is 4.01. The molecular weight excluding hydrogens is 230 g/mol. The van der Waals surface area contributed by atoms with E-state index in [1.54, 1.807) is 0 Å². The van der Waals surface area contributed by atoms with Gasteiger partial charge < -0.3 is 10.1 Å². The molecule has 1 unspecified atom stereocenters. The van der Waals surface area contributed by atoms with E-state index in [0.29, 0.717) is 11.5 Å². The molecule has 2 heterocycles. The van der Waals surface area contributed by atoms with Crippen LogP contribution in [0.5, 0.6) is 0 Å². The largest absolute Gasteiger partial charge is 0.372 e. The lowest BCUT2D eigenvalue weighted by Crippen LogP contribution is -2.61. The SMILES string of the molecule is Cc1cc(C2NCCOC23CC(C)(C)C3)cs1. The minimum Gasteiger partial charge on any atom is -0.372 e. The molecule has 94 valence electrons. The van der Waals surface area contributed by atoms with Gasteiger partial charge in [-0.25, -0.2) is 0 Å². The van der Waals surface area contributed by atoms with Gasteiger partial charge in [0.05, 0.1) is 18.2 Å². The van der Waals surface area contributed by atoms with Crippen LogP contribution in [-0.4, -0.2) is 18.8 Å². The fraction of sp³-hybridized carbons (Fsp3) is 0.714. The summed E-state index contributed by atoms with van der Waals surface area (Å²) in [5.41, 5.74) is 1.93. The quantitative estimate of drug-likeness (QED) is 0.827. The predicted molar refractivity (Wildman–Crippen MR) is 71.5 cm³/mol. The van der Waals surface area contributed by atoms with Gasteiger partial charge in [0.15, 0.2) is 0 Å². The minimum absolute atomic E-state index is 0.0647. The molecule has 1 saturated heterocycles. The van der Waals surface area contributed by atoms with Crippen LogP contribution in [0.25, 0.3) is 0 Å². The lowest BCUT2D eigenvalue weighted by Gasteiger charge is -2.58. The van der Waals surface area contributed by atoms with Gasteiger partial charge in [0.2, 0.25) is 0 Å². The molecule has 2 nitrogen and oxygen atoms in total. The van der Waals surface area contributed by atoms with E-state index in [4.69, 9.17) is 4.74 Å². The first kappa shape index (κ1) is 11.7. The molecule has 0 amide bonds. The van der Waals surface area contributed by atoms with Crippen molar-refractivity contribution in [2.75, 3.05) is 13.2 Å². The van der Waals surface area contributed by atoms with Crippen molar-refractivity contribution in [3.8, 4) is 0 Å². The molecule has 1 aliphatic carbocycles. The molecule has 2 fully saturated rings. The summed E-state index contributed by atoms with van der Waals surface area (Å²) < 4.78 is 6.16. The molecule has 0 bridgehead atoms. The summed E-state index contributed by atoms with van der Waals surface area (Å²) >= 11 is 1.84. The summed E-state index contributed by atoms with van der Waals surface area (Å²) in [5, 5.41) is 5.95. The van der Waals surface area contributed by atoms with Gasteiger partial charge >= 0.3 is 0 Å². The monoisotopic (exact) mass is 251 g/mol. The second-order valence-corrected chi connectivity index (χ2v) is 7.42. The maximum atomic E-state index is 6.16. The highest BCUT2D eigenvalue weighted by molar-refractivity contribution is 7.10. The van der Waals surface area contributed by atoms with E-state index in [0.717, 1.165) is 13.2 Å². The summed E-state index contributed by atoms with van der Waals surface area (Å²) in [6, 6.07) is 2.71. The van der Waals surface area contributed by atoms with Crippen LogP contribution < -0.4 is 5.32 Å². The maximum absolute atomic E-state index is 6.16. The average Bonchev–Trinajstić information content (AvgIpc) is 2.62. The third-order valence-corrected chi connectivity index (χ3v) is 4.89. The zero-order valence-electron chi connectivity index (χ0n) is 10.9. The van der Waals surface area contributed by atoms with Crippen LogP contribution in [0.4, 0.5) is 0 Å². The van der Waals surface area contributed by atoms with Crippen LogP contribution in [0.3, 0.4) is 0 Å². The standard InChI is InChI=1S/C14H21NOS/c1-10-6-11(7-17-10)12-14(16-5-4-15-12)8-13(2,3)9-14/h6-7,12,15H,4-5,8-9H2,1-3H3. The maximum Gasteiger partial charge on any atom is 0.0887 e. The Bertz CT molecular complexity index is 416. The Kier molecular flexibility index (Phi) is 2.62. The molecule has 1 aliphatic heterocycles. The topological polar surface area (TPSA) is 21.3 Å². The van der Waals surface area contributed by atoms with Gasteiger partial charge in [-0.1, -0.05) is 13.8 Å². The second kappa shape index (κ2) is 3.81. The summed E-state index contributed by atoms with van der Waals surface area (Å²) in [6.07, 6.45) is 2.35. The van der Waals surface area contributed by atoms with Crippen molar-refractivity contribution in [1.82, 2.24) is 5.32 Å². The van der Waals surface area contributed by atoms with Crippen molar-refractivity contribution in [2.24, 2.45) is 5.41 Å². The number of morpholine rings is 1. The molecule has 17 heavy (non-hydrogen) atoms. The van der Waals surface area contributed by atoms with Gasteiger partial charge in [-0.15, -0.1) is 11.3 Å². The van der Waals surface area contributed by atoms with Gasteiger partial charge in [0.1, 0.15) is 0 Å². The van der Waals surface area contributed by atoms with Crippen LogP contribution in [0, 0.1) is 12.3 Å². The zero-order valence-corrected chi connectivity index (χ0v) is 11.7. The molecule has 1 N–H and O–H groups in total. The highest BCUT2D eigenvalue weighted by Crippen LogP contribution is 2.56. The Hall–Kier alpha value is -0.380. The number of ether oxygens (including phenoxy) is 1. The fourth-order valence-electron chi connectivity index (χ4n) is 3.64. The van der Waals surface area contributed by atoms with Gasteiger partial charge in [0, 0.05) is 11.4 Å². The molecule has 1 aromatic heterocycles. The van der Waals surface area contributed by atoms with Crippen molar-refractivity contribution in [1.29, 1.82) is 0 Å². The van der Waals surface area contributed by atoms with E-state index in [1.165, 1.54) is 23.3 Å². The number of aryl methyl sites for hydroxylation is 1. The molecule has 0 aromatic carbocycles. The minimum atomic E-state index is 0.0647. The Morgan fingerprint density at radius 3 is 2.76 bits per heavy atom. The van der Waals surface area contributed by atoms with E-state index in [-0.39, 0.29) is 5.60 Å². The first-order chi connectivity index (χ1) is 8.01. The molecule has 1 aromatic rings. The van der Waals surface area contributed by atoms with Gasteiger partial charge in [-0.2, -0.15) is 0 Å². The molecule has 3 rings (SSSR count). The summed E-state index contributed by atoms with van der Waals surface area (Å²) in [5.74, 6) is 0. The highest BCUT2D eigenvalue weighted by Gasteiger charge is 2.56. The first-order valence-electron chi connectivity index (χ1n) is 6.43. The predicted octanol–water partition coefficient (Wildman–Crippen LogP) is 3.28. The van der Waals surface area contributed by atoms with E-state index in [2.05, 4.69) is 37.5 Å². The average molecular weight is 251 g/mol. The number of hydrogen-bond acceptors (Lipinski definition) is 3. The summed E-state index contributed by atoms with van der Waals surface area (Å²) in [7, 11) is 0. The van der Waals surface area contributed by atoms with Crippen molar-refractivity contribution >= 4 is 11.3 Å². The van der Waals surface area contributed by atoms with E-state index >= 15 is 0 Å². The Labute approximate surface area is 107 Å².